The molecule has 0 aromatic rings. The fourth-order valence-corrected chi connectivity index (χ4v) is 0.890. The molecule has 0 aliphatic carbocycles. The van der Waals surface area contributed by atoms with Crippen molar-refractivity contribution >= 4 is 5.97 Å². The van der Waals surface area contributed by atoms with E-state index in [1.807, 2.05) is 6.92 Å². The molecule has 0 rings (SSSR count). The van der Waals surface area contributed by atoms with E-state index in [2.05, 4.69) is 10.1 Å². The Morgan fingerprint density at radius 3 is 2.77 bits per heavy atom. The molecule has 4 nitrogen and oxygen atoms in total. The topological polar surface area (TPSA) is 58.6 Å². The highest BCUT2D eigenvalue weighted by Gasteiger charge is 2.01. The van der Waals surface area contributed by atoms with Crippen LogP contribution in [0.5, 0.6) is 0 Å². The van der Waals surface area contributed by atoms with Crippen molar-refractivity contribution in [1.29, 1.82) is 0 Å². The van der Waals surface area contributed by atoms with Gasteiger partial charge in [-0.3, -0.25) is 4.79 Å². The van der Waals surface area contributed by atoms with Gasteiger partial charge in [-0.25, -0.2) is 0 Å². The molecule has 4 heteroatoms. The van der Waals surface area contributed by atoms with E-state index in [1.165, 1.54) is 7.11 Å². The van der Waals surface area contributed by atoms with Crippen LogP contribution in [0, 0.1) is 0 Å². The van der Waals surface area contributed by atoms with E-state index in [0.717, 1.165) is 19.4 Å². The maximum Gasteiger partial charge on any atom is 0.306 e. The molecule has 1 atom stereocenters. The number of carbonyl (C=O) groups is 1. The van der Waals surface area contributed by atoms with Gasteiger partial charge in [0, 0.05) is 6.54 Å². The number of aliphatic hydroxyl groups excluding tert-OH is 1. The summed E-state index contributed by atoms with van der Waals surface area (Å²) in [5, 5.41) is 12.2. The largest absolute Gasteiger partial charge is 0.469 e. The summed E-state index contributed by atoms with van der Waals surface area (Å²) in [6.07, 6.45) is 1.67. The van der Waals surface area contributed by atoms with Crippen LogP contribution in [0.4, 0.5) is 0 Å². The van der Waals surface area contributed by atoms with Gasteiger partial charge < -0.3 is 15.2 Å². The van der Waals surface area contributed by atoms with Gasteiger partial charge in [0.15, 0.2) is 0 Å². The highest BCUT2D eigenvalue weighted by molar-refractivity contribution is 5.69. The third-order valence-corrected chi connectivity index (χ3v) is 1.86. The molecule has 0 fully saturated rings. The maximum absolute atomic E-state index is 10.7. The van der Waals surface area contributed by atoms with E-state index in [4.69, 9.17) is 0 Å². The maximum atomic E-state index is 10.7. The van der Waals surface area contributed by atoms with Gasteiger partial charge in [0.2, 0.25) is 0 Å². The molecule has 0 aromatic carbocycles. The first-order chi connectivity index (χ1) is 6.20. The Hall–Kier alpha value is -0.610. The molecule has 13 heavy (non-hydrogen) atoms. The van der Waals surface area contributed by atoms with Gasteiger partial charge in [0.25, 0.3) is 0 Å². The molecule has 2 N–H and O–H groups in total. The number of esters is 1. The van der Waals surface area contributed by atoms with Gasteiger partial charge >= 0.3 is 5.97 Å². The highest BCUT2D eigenvalue weighted by atomic mass is 16.5. The number of hydrogen-bond acceptors (Lipinski definition) is 4. The predicted octanol–water partition coefficient (Wildman–Crippen LogP) is 0.300. The SMILES string of the molecule is CCC(O)CCNCCC(=O)OC. The normalized spacial score (nSPS) is 12.5. The van der Waals surface area contributed by atoms with Gasteiger partial charge in [0.1, 0.15) is 0 Å². The Kier molecular flexibility index (Phi) is 7.63. The Morgan fingerprint density at radius 1 is 1.54 bits per heavy atom. The minimum atomic E-state index is -0.231. The van der Waals surface area contributed by atoms with Crippen LogP contribution >= 0.6 is 0 Å². The van der Waals surface area contributed by atoms with E-state index < -0.39 is 0 Å². The molecule has 0 bridgehead atoms. The van der Waals surface area contributed by atoms with Gasteiger partial charge in [-0.15, -0.1) is 0 Å². The number of aliphatic hydroxyl groups is 1. The van der Waals surface area contributed by atoms with Crippen molar-refractivity contribution in [2.75, 3.05) is 20.2 Å². The molecule has 0 radical (unpaired) electrons. The van der Waals surface area contributed by atoms with Crippen molar-refractivity contribution in [2.45, 2.75) is 32.3 Å². The molecular formula is C9H19NO3. The average Bonchev–Trinajstić information content (AvgIpc) is 2.16. The molecule has 0 spiro atoms. The van der Waals surface area contributed by atoms with Crippen LogP contribution in [0.1, 0.15) is 26.2 Å². The van der Waals surface area contributed by atoms with Crippen molar-refractivity contribution in [3.8, 4) is 0 Å². The van der Waals surface area contributed by atoms with Crippen molar-refractivity contribution in [3.05, 3.63) is 0 Å². The first-order valence-corrected chi connectivity index (χ1v) is 4.66. The predicted molar refractivity (Wildman–Crippen MR) is 50.4 cm³/mol. The monoisotopic (exact) mass is 189 g/mol. The van der Waals surface area contributed by atoms with Crippen LogP contribution < -0.4 is 5.32 Å². The third-order valence-electron chi connectivity index (χ3n) is 1.86. The molecular weight excluding hydrogens is 170 g/mol. The number of ether oxygens (including phenoxy) is 1. The fourth-order valence-electron chi connectivity index (χ4n) is 0.890. The van der Waals surface area contributed by atoms with E-state index in [1.54, 1.807) is 0 Å². The highest BCUT2D eigenvalue weighted by Crippen LogP contribution is 1.94. The summed E-state index contributed by atoms with van der Waals surface area (Å²) < 4.78 is 4.47. The number of nitrogens with one attached hydrogen (secondary N) is 1. The van der Waals surface area contributed by atoms with E-state index in [0.29, 0.717) is 13.0 Å². The summed E-state index contributed by atoms with van der Waals surface area (Å²) in [5.74, 6) is -0.205. The first kappa shape index (κ1) is 12.4. The Bertz CT molecular complexity index is 139. The molecule has 0 aromatic heterocycles. The van der Waals surface area contributed by atoms with Gasteiger partial charge in [-0.1, -0.05) is 6.92 Å². The standard InChI is InChI=1S/C9H19NO3/c1-3-8(11)4-6-10-7-5-9(12)13-2/h8,10-11H,3-7H2,1-2H3. The van der Waals surface area contributed by atoms with Crippen molar-refractivity contribution in [2.24, 2.45) is 0 Å². The van der Waals surface area contributed by atoms with Gasteiger partial charge in [-0.05, 0) is 19.4 Å². The summed E-state index contributed by atoms with van der Waals surface area (Å²) in [6.45, 7) is 3.30. The molecule has 0 amide bonds. The lowest BCUT2D eigenvalue weighted by atomic mass is 10.2. The molecule has 78 valence electrons. The van der Waals surface area contributed by atoms with Crippen molar-refractivity contribution in [1.82, 2.24) is 5.32 Å². The van der Waals surface area contributed by atoms with E-state index in [-0.39, 0.29) is 12.1 Å². The van der Waals surface area contributed by atoms with Gasteiger partial charge in [-0.2, -0.15) is 0 Å². The molecule has 0 saturated heterocycles. The zero-order valence-electron chi connectivity index (χ0n) is 8.38. The van der Waals surface area contributed by atoms with Crippen molar-refractivity contribution in [3.63, 3.8) is 0 Å². The lowest BCUT2D eigenvalue weighted by Gasteiger charge is -2.07. The van der Waals surface area contributed by atoms with E-state index >= 15 is 0 Å². The number of rotatable bonds is 7. The quantitative estimate of drug-likeness (QED) is 0.447. The summed E-state index contributed by atoms with van der Waals surface area (Å²) in [6, 6.07) is 0. The Morgan fingerprint density at radius 2 is 2.23 bits per heavy atom. The summed E-state index contributed by atoms with van der Waals surface area (Å²) >= 11 is 0. The number of hydrogen-bond donors (Lipinski definition) is 2. The average molecular weight is 189 g/mol. The minimum Gasteiger partial charge on any atom is -0.469 e. The molecule has 0 heterocycles. The molecule has 0 aliphatic rings. The van der Waals surface area contributed by atoms with Crippen LogP contribution in [0.15, 0.2) is 0 Å². The fraction of sp³-hybridized carbons (Fsp3) is 0.889. The lowest BCUT2D eigenvalue weighted by molar-refractivity contribution is -0.140. The van der Waals surface area contributed by atoms with Gasteiger partial charge in [0.05, 0.1) is 19.6 Å². The first-order valence-electron chi connectivity index (χ1n) is 4.66. The van der Waals surface area contributed by atoms with E-state index in [9.17, 15) is 9.90 Å². The second-order valence-electron chi connectivity index (χ2n) is 2.93. The third kappa shape index (κ3) is 7.74. The molecule has 0 saturated carbocycles. The van der Waals surface area contributed by atoms with Crippen LogP contribution in [-0.2, 0) is 9.53 Å². The van der Waals surface area contributed by atoms with Crippen LogP contribution in [0.25, 0.3) is 0 Å². The molecule has 1 unspecified atom stereocenters. The summed E-state index contributed by atoms with van der Waals surface area (Å²) in [4.78, 5) is 10.7. The minimum absolute atomic E-state index is 0.205. The smallest absolute Gasteiger partial charge is 0.306 e. The van der Waals surface area contributed by atoms with Crippen LogP contribution in [0.3, 0.4) is 0 Å². The summed E-state index contributed by atoms with van der Waals surface area (Å²) in [7, 11) is 1.38. The second-order valence-corrected chi connectivity index (χ2v) is 2.93. The second kappa shape index (κ2) is 8.01. The lowest BCUT2D eigenvalue weighted by Crippen LogP contribution is -2.23. The number of methoxy groups -OCH3 is 1. The van der Waals surface area contributed by atoms with Crippen molar-refractivity contribution < 1.29 is 14.6 Å². The zero-order valence-corrected chi connectivity index (χ0v) is 8.38. The summed E-state index contributed by atoms with van der Waals surface area (Å²) in [5.41, 5.74) is 0. The molecule has 0 aliphatic heterocycles. The van der Waals surface area contributed by atoms with Crippen LogP contribution in [0.2, 0.25) is 0 Å². The number of carbonyl (C=O) groups excluding carboxylic acids is 1. The Balaban J connectivity index is 3.12. The zero-order chi connectivity index (χ0) is 10.1. The van der Waals surface area contributed by atoms with Crippen LogP contribution in [-0.4, -0.2) is 37.4 Å². The Labute approximate surface area is 79.3 Å².